The van der Waals surface area contributed by atoms with Gasteiger partial charge in [0.2, 0.25) is 0 Å². The van der Waals surface area contributed by atoms with E-state index in [4.69, 9.17) is 9.47 Å². The molecule has 1 heterocycles. The van der Waals surface area contributed by atoms with Gasteiger partial charge < -0.3 is 9.47 Å². The molecule has 27 heavy (non-hydrogen) atoms. The summed E-state index contributed by atoms with van der Waals surface area (Å²) in [5, 5.41) is 0. The highest BCUT2D eigenvalue weighted by atomic mass is 79.9. The van der Waals surface area contributed by atoms with Gasteiger partial charge >= 0.3 is 0 Å². The summed E-state index contributed by atoms with van der Waals surface area (Å²) in [6.07, 6.45) is 0. The van der Waals surface area contributed by atoms with E-state index in [9.17, 15) is 4.79 Å². The fourth-order valence-electron chi connectivity index (χ4n) is 3.60. The number of ketones is 1. The number of Topliss-reactive ketones (excluding diaryl/α,β-unsaturated/α-hetero) is 1. The zero-order valence-corrected chi connectivity index (χ0v) is 16.7. The van der Waals surface area contributed by atoms with Gasteiger partial charge in [0.15, 0.2) is 5.78 Å². The Kier molecular flexibility index (Phi) is 5.38. The van der Waals surface area contributed by atoms with Gasteiger partial charge in [-0.05, 0) is 42.0 Å². The number of rotatable bonds is 4. The molecule has 1 atom stereocenters. The molecule has 0 N–H and O–H groups in total. The first kappa shape index (κ1) is 18.3. The SMILES string of the molecule is COc1ccc(N=C2C(=O)C(CN3CCOCC3)c3ccc(Br)cc32)cc1. The largest absolute Gasteiger partial charge is 0.497 e. The summed E-state index contributed by atoms with van der Waals surface area (Å²) < 4.78 is 11.6. The Hall–Kier alpha value is -2.02. The fraction of sp³-hybridized carbons (Fsp3) is 0.333. The molecule has 2 aliphatic rings. The van der Waals surface area contributed by atoms with Crippen molar-refractivity contribution in [3.8, 4) is 5.75 Å². The second-order valence-electron chi connectivity index (χ2n) is 6.72. The van der Waals surface area contributed by atoms with E-state index in [1.165, 1.54) is 0 Å². The molecule has 1 fully saturated rings. The highest BCUT2D eigenvalue weighted by Crippen LogP contribution is 2.35. The van der Waals surface area contributed by atoms with Gasteiger partial charge in [0.1, 0.15) is 11.5 Å². The molecule has 0 bridgehead atoms. The number of morpholine rings is 1. The van der Waals surface area contributed by atoms with Crippen molar-refractivity contribution >= 4 is 33.1 Å². The molecule has 1 saturated heterocycles. The smallest absolute Gasteiger partial charge is 0.190 e. The number of benzene rings is 2. The molecular formula is C21H21BrN2O3. The molecule has 0 saturated carbocycles. The number of carbonyl (C=O) groups excluding carboxylic acids is 1. The third-order valence-electron chi connectivity index (χ3n) is 5.05. The van der Waals surface area contributed by atoms with E-state index >= 15 is 0 Å². The van der Waals surface area contributed by atoms with E-state index in [2.05, 4.69) is 25.8 Å². The van der Waals surface area contributed by atoms with Crippen LogP contribution < -0.4 is 4.74 Å². The van der Waals surface area contributed by atoms with Crippen molar-refractivity contribution in [2.45, 2.75) is 5.92 Å². The van der Waals surface area contributed by atoms with Crippen LogP contribution in [0, 0.1) is 0 Å². The van der Waals surface area contributed by atoms with Gasteiger partial charge in [0, 0.05) is 29.7 Å². The standard InChI is InChI=1S/C21H21BrN2O3/c1-26-16-5-3-15(4-6-16)23-20-18-12-14(22)2-7-17(18)19(21(20)25)13-24-8-10-27-11-9-24/h2-7,12,19H,8-11,13H2,1H3. The zero-order valence-electron chi connectivity index (χ0n) is 15.2. The van der Waals surface area contributed by atoms with Gasteiger partial charge in [-0.25, -0.2) is 4.99 Å². The van der Waals surface area contributed by atoms with Crippen LogP contribution in [0.1, 0.15) is 17.0 Å². The molecule has 2 aromatic carbocycles. The number of halogens is 1. The van der Waals surface area contributed by atoms with Crippen molar-refractivity contribution in [3.63, 3.8) is 0 Å². The highest BCUT2D eigenvalue weighted by Gasteiger charge is 2.37. The van der Waals surface area contributed by atoms with E-state index < -0.39 is 0 Å². The zero-order chi connectivity index (χ0) is 18.8. The number of hydrogen-bond donors (Lipinski definition) is 0. The monoisotopic (exact) mass is 428 g/mol. The Balaban J connectivity index is 1.68. The Bertz CT molecular complexity index is 873. The maximum absolute atomic E-state index is 13.2. The Morgan fingerprint density at radius 2 is 1.93 bits per heavy atom. The Morgan fingerprint density at radius 1 is 1.19 bits per heavy atom. The number of fused-ring (bicyclic) bond motifs is 1. The van der Waals surface area contributed by atoms with Crippen molar-refractivity contribution < 1.29 is 14.3 Å². The average molecular weight is 429 g/mol. The third kappa shape index (κ3) is 3.83. The van der Waals surface area contributed by atoms with E-state index in [0.717, 1.165) is 53.3 Å². The summed E-state index contributed by atoms with van der Waals surface area (Å²) in [5.74, 6) is 0.679. The van der Waals surface area contributed by atoms with Crippen molar-refractivity contribution in [1.29, 1.82) is 0 Å². The first-order chi connectivity index (χ1) is 13.2. The number of methoxy groups -OCH3 is 1. The molecule has 5 nitrogen and oxygen atoms in total. The second-order valence-corrected chi connectivity index (χ2v) is 7.64. The Morgan fingerprint density at radius 3 is 2.63 bits per heavy atom. The predicted octanol–water partition coefficient (Wildman–Crippen LogP) is 3.58. The number of hydrogen-bond acceptors (Lipinski definition) is 5. The van der Waals surface area contributed by atoms with Gasteiger partial charge in [-0.1, -0.05) is 22.0 Å². The maximum atomic E-state index is 13.2. The molecule has 0 radical (unpaired) electrons. The van der Waals surface area contributed by atoms with Gasteiger partial charge in [-0.3, -0.25) is 9.69 Å². The van der Waals surface area contributed by atoms with Crippen LogP contribution in [0.4, 0.5) is 5.69 Å². The van der Waals surface area contributed by atoms with Gasteiger partial charge in [-0.2, -0.15) is 0 Å². The molecule has 0 amide bonds. The predicted molar refractivity (Wildman–Crippen MR) is 108 cm³/mol. The van der Waals surface area contributed by atoms with Crippen LogP contribution in [-0.4, -0.2) is 56.4 Å². The lowest BCUT2D eigenvalue weighted by atomic mass is 10.00. The van der Waals surface area contributed by atoms with Crippen LogP contribution in [0.15, 0.2) is 51.9 Å². The normalized spacial score (nSPS) is 21.5. The molecule has 1 aliphatic carbocycles. The van der Waals surface area contributed by atoms with Gasteiger partial charge in [0.25, 0.3) is 0 Å². The van der Waals surface area contributed by atoms with E-state index in [0.29, 0.717) is 12.3 Å². The summed E-state index contributed by atoms with van der Waals surface area (Å²) >= 11 is 3.53. The number of aliphatic imine (C=N–C) groups is 1. The lowest BCUT2D eigenvalue weighted by Gasteiger charge is -2.28. The lowest BCUT2D eigenvalue weighted by Crippen LogP contribution is -2.40. The molecular weight excluding hydrogens is 408 g/mol. The minimum Gasteiger partial charge on any atom is -0.497 e. The van der Waals surface area contributed by atoms with Crippen LogP contribution in [-0.2, 0) is 9.53 Å². The molecule has 0 spiro atoms. The van der Waals surface area contributed by atoms with Crippen LogP contribution in [0.2, 0.25) is 0 Å². The Labute approximate surface area is 167 Å². The van der Waals surface area contributed by atoms with Gasteiger partial charge in [0.05, 0.1) is 31.9 Å². The van der Waals surface area contributed by atoms with Crippen LogP contribution in [0.3, 0.4) is 0 Å². The molecule has 1 aliphatic heterocycles. The number of nitrogens with zero attached hydrogens (tertiary/aromatic N) is 2. The van der Waals surface area contributed by atoms with E-state index in [-0.39, 0.29) is 11.7 Å². The molecule has 0 aromatic heterocycles. The quantitative estimate of drug-likeness (QED) is 0.746. The van der Waals surface area contributed by atoms with Crippen molar-refractivity contribution in [2.24, 2.45) is 4.99 Å². The number of carbonyl (C=O) groups is 1. The lowest BCUT2D eigenvalue weighted by molar-refractivity contribution is -0.114. The van der Waals surface area contributed by atoms with E-state index in [1.54, 1.807) is 7.11 Å². The number of ether oxygens (including phenoxy) is 2. The first-order valence-electron chi connectivity index (χ1n) is 9.02. The second kappa shape index (κ2) is 7.92. The van der Waals surface area contributed by atoms with Crippen LogP contribution >= 0.6 is 15.9 Å². The molecule has 4 rings (SSSR count). The third-order valence-corrected chi connectivity index (χ3v) is 5.55. The summed E-state index contributed by atoms with van der Waals surface area (Å²) in [6, 6.07) is 13.5. The maximum Gasteiger partial charge on any atom is 0.190 e. The van der Waals surface area contributed by atoms with Crippen molar-refractivity contribution in [1.82, 2.24) is 4.90 Å². The van der Waals surface area contributed by atoms with Crippen molar-refractivity contribution in [2.75, 3.05) is 40.0 Å². The van der Waals surface area contributed by atoms with Crippen molar-refractivity contribution in [3.05, 3.63) is 58.1 Å². The molecule has 140 valence electrons. The molecule has 6 heteroatoms. The summed E-state index contributed by atoms with van der Waals surface area (Å²) in [5.41, 5.74) is 3.26. The summed E-state index contributed by atoms with van der Waals surface area (Å²) in [4.78, 5) is 20.2. The minimum atomic E-state index is -0.178. The summed E-state index contributed by atoms with van der Waals surface area (Å²) in [6.45, 7) is 3.88. The first-order valence-corrected chi connectivity index (χ1v) is 9.82. The molecule has 2 aromatic rings. The van der Waals surface area contributed by atoms with E-state index in [1.807, 2.05) is 42.5 Å². The van der Waals surface area contributed by atoms with Crippen LogP contribution in [0.5, 0.6) is 5.75 Å². The topological polar surface area (TPSA) is 51.1 Å². The average Bonchev–Trinajstić information content (AvgIpc) is 2.94. The summed E-state index contributed by atoms with van der Waals surface area (Å²) in [7, 11) is 1.63. The molecule has 1 unspecified atom stereocenters. The van der Waals surface area contributed by atoms with Gasteiger partial charge in [-0.15, -0.1) is 0 Å². The highest BCUT2D eigenvalue weighted by molar-refractivity contribution is 9.10. The minimum absolute atomic E-state index is 0.0883. The van der Waals surface area contributed by atoms with Crippen LogP contribution in [0.25, 0.3) is 0 Å². The fourth-order valence-corrected chi connectivity index (χ4v) is 3.96.